The van der Waals surface area contributed by atoms with Gasteiger partial charge in [-0.15, -0.1) is 0 Å². The average molecular weight is 572 g/mol. The third kappa shape index (κ3) is 5.46. The average Bonchev–Trinajstić information content (AvgIpc) is 2.99. The molecule has 0 saturated carbocycles. The van der Waals surface area contributed by atoms with Gasteiger partial charge in [-0.3, -0.25) is 14.2 Å². The van der Waals surface area contributed by atoms with Crippen LogP contribution in [-0.4, -0.2) is 27.5 Å². The maximum atomic E-state index is 14.2. The molecule has 202 valence electrons. The number of carbonyl (C=O) groups is 1. The van der Waals surface area contributed by atoms with Gasteiger partial charge in [-0.1, -0.05) is 72.6 Å². The number of hydrogen-bond donors (Lipinski definition) is 0. The summed E-state index contributed by atoms with van der Waals surface area (Å²) in [4.78, 5) is 34.9. The van der Waals surface area contributed by atoms with E-state index in [1.54, 1.807) is 53.0 Å². The van der Waals surface area contributed by atoms with Crippen molar-refractivity contribution >= 4 is 40.0 Å². The van der Waals surface area contributed by atoms with Crippen molar-refractivity contribution < 1.29 is 9.53 Å². The molecular formula is C32H27Cl2N3O3. The fourth-order valence-electron chi connectivity index (χ4n) is 4.80. The van der Waals surface area contributed by atoms with Gasteiger partial charge in [-0.25, -0.2) is 4.98 Å². The minimum Gasteiger partial charge on any atom is -0.497 e. The molecule has 1 heterocycles. The molecule has 0 aliphatic rings. The Bertz CT molecular complexity index is 1720. The molecule has 0 N–H and O–H groups in total. The van der Waals surface area contributed by atoms with Crippen molar-refractivity contribution in [3.05, 3.63) is 134 Å². The fourth-order valence-corrected chi connectivity index (χ4v) is 5.09. The molecule has 0 fully saturated rings. The molecule has 4 aromatic carbocycles. The van der Waals surface area contributed by atoms with Crippen LogP contribution in [0, 0.1) is 0 Å². The van der Waals surface area contributed by atoms with Gasteiger partial charge in [0.15, 0.2) is 0 Å². The summed E-state index contributed by atoms with van der Waals surface area (Å²) in [6, 6.07) is 28.5. The Morgan fingerprint density at radius 1 is 0.925 bits per heavy atom. The van der Waals surface area contributed by atoms with Gasteiger partial charge < -0.3 is 9.64 Å². The molecule has 8 heteroatoms. The number of halogens is 2. The zero-order valence-electron chi connectivity index (χ0n) is 22.1. The smallest absolute Gasteiger partial charge is 0.266 e. The van der Waals surface area contributed by atoms with Crippen molar-refractivity contribution in [1.82, 2.24) is 14.5 Å². The first kappa shape index (κ1) is 27.4. The van der Waals surface area contributed by atoms with Crippen molar-refractivity contribution in [2.45, 2.75) is 25.9 Å². The van der Waals surface area contributed by atoms with Crippen molar-refractivity contribution in [3.8, 4) is 11.4 Å². The molecule has 0 aliphatic carbocycles. The van der Waals surface area contributed by atoms with Crippen LogP contribution in [0.15, 0.2) is 102 Å². The number of amides is 1. The molecule has 1 unspecified atom stereocenters. The predicted octanol–water partition coefficient (Wildman–Crippen LogP) is 7.49. The van der Waals surface area contributed by atoms with E-state index in [-0.39, 0.29) is 11.5 Å². The molecule has 0 bridgehead atoms. The number of methoxy groups -OCH3 is 1. The summed E-state index contributed by atoms with van der Waals surface area (Å²) in [7, 11) is 1.59. The van der Waals surface area contributed by atoms with Gasteiger partial charge in [0.25, 0.3) is 11.5 Å². The molecule has 40 heavy (non-hydrogen) atoms. The van der Waals surface area contributed by atoms with E-state index in [1.165, 1.54) is 0 Å². The maximum absolute atomic E-state index is 14.2. The number of aromatic nitrogens is 2. The zero-order chi connectivity index (χ0) is 28.2. The Labute approximate surface area is 242 Å². The summed E-state index contributed by atoms with van der Waals surface area (Å²) in [6.07, 6.45) is 0.501. The maximum Gasteiger partial charge on any atom is 0.266 e. The lowest BCUT2D eigenvalue weighted by Gasteiger charge is -2.32. The highest BCUT2D eigenvalue weighted by molar-refractivity contribution is 6.42. The number of benzene rings is 4. The van der Waals surface area contributed by atoms with Gasteiger partial charge >= 0.3 is 0 Å². The summed E-state index contributed by atoms with van der Waals surface area (Å²) in [5.74, 6) is 0.873. The van der Waals surface area contributed by atoms with Crippen LogP contribution in [0.4, 0.5) is 0 Å². The number of fused-ring (bicyclic) bond motifs is 1. The van der Waals surface area contributed by atoms with Crippen molar-refractivity contribution in [2.24, 2.45) is 0 Å². The van der Waals surface area contributed by atoms with E-state index in [0.717, 1.165) is 5.56 Å². The van der Waals surface area contributed by atoms with Gasteiger partial charge in [0.2, 0.25) is 0 Å². The molecule has 0 aliphatic heterocycles. The molecule has 5 aromatic rings. The number of nitrogens with zero attached hydrogens (tertiary/aromatic N) is 3. The summed E-state index contributed by atoms with van der Waals surface area (Å²) >= 11 is 12.4. The first-order valence-corrected chi connectivity index (χ1v) is 13.6. The minimum absolute atomic E-state index is 0.217. The van der Waals surface area contributed by atoms with Crippen LogP contribution in [0.25, 0.3) is 16.6 Å². The number of ether oxygens (including phenoxy) is 1. The van der Waals surface area contributed by atoms with E-state index in [4.69, 9.17) is 32.9 Å². The van der Waals surface area contributed by atoms with Gasteiger partial charge in [0, 0.05) is 12.1 Å². The second kappa shape index (κ2) is 11.9. The van der Waals surface area contributed by atoms with Crippen LogP contribution >= 0.6 is 23.2 Å². The second-order valence-electron chi connectivity index (χ2n) is 9.30. The molecule has 1 amide bonds. The topological polar surface area (TPSA) is 64.4 Å². The fraction of sp³-hybridized carbons (Fsp3) is 0.156. The van der Waals surface area contributed by atoms with E-state index >= 15 is 0 Å². The Kier molecular flexibility index (Phi) is 8.19. The van der Waals surface area contributed by atoms with Crippen molar-refractivity contribution in [2.75, 3.05) is 7.11 Å². The highest BCUT2D eigenvalue weighted by Crippen LogP contribution is 2.31. The lowest BCUT2D eigenvalue weighted by Crippen LogP contribution is -2.38. The first-order valence-electron chi connectivity index (χ1n) is 12.9. The van der Waals surface area contributed by atoms with Crippen molar-refractivity contribution in [3.63, 3.8) is 0 Å². The molecule has 5 rings (SSSR count). The summed E-state index contributed by atoms with van der Waals surface area (Å²) < 4.78 is 6.92. The standard InChI is InChI=1S/C32H27Cl2N3O3/c1-3-29(36(20-21-9-5-4-6-10-21)31(38)22-13-18-26(33)27(34)19-22)30-35-28-12-8-7-11-25(28)32(39)37(30)23-14-16-24(40-2)17-15-23/h4-19,29H,3,20H2,1-2H3. The third-order valence-electron chi connectivity index (χ3n) is 6.82. The number of rotatable bonds is 8. The van der Waals surface area contributed by atoms with E-state index in [9.17, 15) is 9.59 Å². The van der Waals surface area contributed by atoms with Gasteiger partial charge in [0.1, 0.15) is 11.6 Å². The molecule has 1 aromatic heterocycles. The highest BCUT2D eigenvalue weighted by Gasteiger charge is 2.30. The third-order valence-corrected chi connectivity index (χ3v) is 7.56. The Morgan fingerprint density at radius 3 is 2.30 bits per heavy atom. The van der Waals surface area contributed by atoms with Gasteiger partial charge in [0.05, 0.1) is 39.8 Å². The summed E-state index contributed by atoms with van der Waals surface area (Å²) in [6.45, 7) is 2.27. The molecule has 1 atom stereocenters. The van der Waals surface area contributed by atoms with Crippen LogP contribution < -0.4 is 10.3 Å². The largest absolute Gasteiger partial charge is 0.497 e. The quantitative estimate of drug-likeness (QED) is 0.193. The Balaban J connectivity index is 1.73. The molecular weight excluding hydrogens is 545 g/mol. The monoisotopic (exact) mass is 571 g/mol. The van der Waals surface area contributed by atoms with Crippen LogP contribution in [0.2, 0.25) is 10.0 Å². The number of hydrogen-bond acceptors (Lipinski definition) is 4. The first-order chi connectivity index (χ1) is 19.4. The van der Waals surface area contributed by atoms with E-state index < -0.39 is 6.04 Å². The summed E-state index contributed by atoms with van der Waals surface area (Å²) in [5.41, 5.74) is 2.30. The normalized spacial score (nSPS) is 11.8. The highest BCUT2D eigenvalue weighted by atomic mass is 35.5. The Morgan fingerprint density at radius 2 is 1.62 bits per heavy atom. The van der Waals surface area contributed by atoms with Crippen LogP contribution in [0.5, 0.6) is 5.75 Å². The van der Waals surface area contributed by atoms with E-state index in [2.05, 4.69) is 0 Å². The number of para-hydroxylation sites is 1. The van der Waals surface area contributed by atoms with Crippen molar-refractivity contribution in [1.29, 1.82) is 0 Å². The van der Waals surface area contributed by atoms with Crippen LogP contribution in [0.3, 0.4) is 0 Å². The second-order valence-corrected chi connectivity index (χ2v) is 10.1. The summed E-state index contributed by atoms with van der Waals surface area (Å²) in [5, 5.41) is 1.14. The predicted molar refractivity (Wildman–Crippen MR) is 160 cm³/mol. The van der Waals surface area contributed by atoms with Crippen LogP contribution in [0.1, 0.15) is 41.1 Å². The number of carbonyl (C=O) groups excluding carboxylic acids is 1. The van der Waals surface area contributed by atoms with Gasteiger partial charge in [-0.05, 0) is 66.6 Å². The van der Waals surface area contributed by atoms with Gasteiger partial charge in [-0.2, -0.15) is 0 Å². The molecule has 0 saturated heterocycles. The lowest BCUT2D eigenvalue weighted by molar-refractivity contribution is 0.0640. The Hall–Kier alpha value is -4.13. The zero-order valence-corrected chi connectivity index (χ0v) is 23.6. The minimum atomic E-state index is -0.554. The lowest BCUT2D eigenvalue weighted by atomic mass is 10.1. The molecule has 0 spiro atoms. The van der Waals surface area contributed by atoms with E-state index in [1.807, 2.05) is 67.6 Å². The van der Waals surface area contributed by atoms with Crippen LogP contribution in [-0.2, 0) is 6.54 Å². The van der Waals surface area contributed by atoms with E-state index in [0.29, 0.717) is 56.7 Å². The molecule has 6 nitrogen and oxygen atoms in total. The molecule has 0 radical (unpaired) electrons. The SMILES string of the molecule is CCC(c1nc2ccccc2c(=O)n1-c1ccc(OC)cc1)N(Cc1ccccc1)C(=O)c1ccc(Cl)c(Cl)c1.